The van der Waals surface area contributed by atoms with Crippen molar-refractivity contribution >= 4 is 11.9 Å². The quantitative estimate of drug-likeness (QED) is 0.787. The van der Waals surface area contributed by atoms with E-state index in [2.05, 4.69) is 5.32 Å². The molecule has 2 N–H and O–H groups in total. The molecule has 0 spiro atoms. The molecule has 0 saturated carbocycles. The molecule has 1 atom stereocenters. The Hall–Kier alpha value is -1.84. The Morgan fingerprint density at radius 1 is 1.24 bits per heavy atom. The minimum atomic E-state index is -0.948. The summed E-state index contributed by atoms with van der Waals surface area (Å²) in [5.74, 6) is -1.16. The van der Waals surface area contributed by atoms with E-state index in [9.17, 15) is 9.59 Å². The van der Waals surface area contributed by atoms with Crippen molar-refractivity contribution in [2.45, 2.75) is 32.2 Å². The Labute approximate surface area is 101 Å². The summed E-state index contributed by atoms with van der Waals surface area (Å²) in [6.07, 6.45) is 0.665. The average molecular weight is 235 g/mol. The first-order chi connectivity index (χ1) is 8.08. The lowest BCUT2D eigenvalue weighted by molar-refractivity contribution is -0.138. The fourth-order valence-corrected chi connectivity index (χ4v) is 1.59. The molecule has 0 aliphatic rings. The second kappa shape index (κ2) is 6.68. The lowest BCUT2D eigenvalue weighted by Gasteiger charge is -2.13. The van der Waals surface area contributed by atoms with Gasteiger partial charge in [0.15, 0.2) is 0 Å². The van der Waals surface area contributed by atoms with Gasteiger partial charge < -0.3 is 10.4 Å². The van der Waals surface area contributed by atoms with Gasteiger partial charge in [0.25, 0.3) is 0 Å². The normalized spacial score (nSPS) is 11.8. The lowest BCUT2D eigenvalue weighted by atomic mass is 10.1. The van der Waals surface area contributed by atoms with Gasteiger partial charge in [-0.15, -0.1) is 0 Å². The maximum Gasteiger partial charge on any atom is 0.303 e. The molecule has 1 aromatic rings. The van der Waals surface area contributed by atoms with Crippen LogP contribution < -0.4 is 5.32 Å². The zero-order valence-corrected chi connectivity index (χ0v) is 9.85. The van der Waals surface area contributed by atoms with E-state index < -0.39 is 5.97 Å². The summed E-state index contributed by atoms with van der Waals surface area (Å²) >= 11 is 0. The van der Waals surface area contributed by atoms with E-state index in [1.807, 2.05) is 37.3 Å². The molecule has 0 radical (unpaired) electrons. The van der Waals surface area contributed by atoms with Gasteiger partial charge in [-0.25, -0.2) is 0 Å². The Balaban J connectivity index is 2.32. The number of amides is 1. The molecule has 0 aliphatic carbocycles. The zero-order valence-electron chi connectivity index (χ0n) is 9.85. The van der Waals surface area contributed by atoms with Gasteiger partial charge >= 0.3 is 5.97 Å². The Bertz CT molecular complexity index is 376. The summed E-state index contributed by atoms with van der Waals surface area (Å²) in [5.41, 5.74) is 1.15. The van der Waals surface area contributed by atoms with Crippen LogP contribution in [0.1, 0.15) is 25.3 Å². The second-order valence-corrected chi connectivity index (χ2v) is 4.05. The van der Waals surface area contributed by atoms with Crippen LogP contribution in [0.2, 0.25) is 0 Å². The van der Waals surface area contributed by atoms with Crippen molar-refractivity contribution in [2.75, 3.05) is 0 Å². The third-order valence-corrected chi connectivity index (χ3v) is 2.36. The molecule has 0 aromatic heterocycles. The molecule has 0 aliphatic heterocycles. The average Bonchev–Trinajstić information content (AvgIpc) is 2.27. The van der Waals surface area contributed by atoms with Gasteiger partial charge in [-0.3, -0.25) is 9.59 Å². The van der Waals surface area contributed by atoms with Gasteiger partial charge in [-0.2, -0.15) is 0 Å². The molecule has 0 bridgehead atoms. The van der Waals surface area contributed by atoms with Crippen LogP contribution in [0.25, 0.3) is 0 Å². The van der Waals surface area contributed by atoms with Gasteiger partial charge in [-0.05, 0) is 18.9 Å². The van der Waals surface area contributed by atoms with Gasteiger partial charge in [-0.1, -0.05) is 30.3 Å². The first-order valence-corrected chi connectivity index (χ1v) is 5.63. The topological polar surface area (TPSA) is 66.4 Å². The molecule has 0 unspecified atom stereocenters. The molecule has 4 heteroatoms. The van der Waals surface area contributed by atoms with Gasteiger partial charge in [0.05, 0.1) is 6.42 Å². The van der Waals surface area contributed by atoms with Crippen molar-refractivity contribution in [3.8, 4) is 0 Å². The van der Waals surface area contributed by atoms with Crippen molar-refractivity contribution in [3.63, 3.8) is 0 Å². The van der Waals surface area contributed by atoms with E-state index in [4.69, 9.17) is 5.11 Å². The van der Waals surface area contributed by atoms with Crippen LogP contribution >= 0.6 is 0 Å². The van der Waals surface area contributed by atoms with E-state index in [1.54, 1.807) is 0 Å². The first-order valence-electron chi connectivity index (χ1n) is 5.63. The standard InChI is InChI=1S/C13H17NO3/c1-10(9-11-5-3-2-4-6-11)14-12(15)7-8-13(16)17/h2-6,10H,7-9H2,1H3,(H,14,15)(H,16,17)/t10-/m1/s1. The van der Waals surface area contributed by atoms with E-state index in [0.29, 0.717) is 0 Å². The van der Waals surface area contributed by atoms with Crippen LogP contribution in [-0.4, -0.2) is 23.0 Å². The smallest absolute Gasteiger partial charge is 0.303 e. The highest BCUT2D eigenvalue weighted by molar-refractivity contribution is 5.80. The number of carbonyl (C=O) groups excluding carboxylic acids is 1. The molecule has 17 heavy (non-hydrogen) atoms. The molecule has 1 aromatic carbocycles. The van der Waals surface area contributed by atoms with Crippen molar-refractivity contribution in [2.24, 2.45) is 0 Å². The summed E-state index contributed by atoms with van der Waals surface area (Å²) < 4.78 is 0. The first kappa shape index (κ1) is 13.2. The highest BCUT2D eigenvalue weighted by atomic mass is 16.4. The lowest BCUT2D eigenvalue weighted by Crippen LogP contribution is -2.34. The molecule has 1 amide bonds. The van der Waals surface area contributed by atoms with E-state index in [0.717, 1.165) is 12.0 Å². The largest absolute Gasteiger partial charge is 0.481 e. The minimum Gasteiger partial charge on any atom is -0.481 e. The van der Waals surface area contributed by atoms with Crippen molar-refractivity contribution < 1.29 is 14.7 Å². The summed E-state index contributed by atoms with van der Waals surface area (Å²) in [5, 5.41) is 11.2. The van der Waals surface area contributed by atoms with E-state index in [1.165, 1.54) is 0 Å². The van der Waals surface area contributed by atoms with Crippen LogP contribution in [0.5, 0.6) is 0 Å². The van der Waals surface area contributed by atoms with E-state index >= 15 is 0 Å². The van der Waals surface area contributed by atoms with E-state index in [-0.39, 0.29) is 24.8 Å². The number of carbonyl (C=O) groups is 2. The summed E-state index contributed by atoms with van der Waals surface area (Å²) in [4.78, 5) is 21.7. The number of carboxylic acid groups (broad SMARTS) is 1. The molecule has 4 nitrogen and oxygen atoms in total. The third-order valence-electron chi connectivity index (χ3n) is 2.36. The van der Waals surface area contributed by atoms with Gasteiger partial charge in [0.2, 0.25) is 5.91 Å². The summed E-state index contributed by atoms with van der Waals surface area (Å²) in [6, 6.07) is 9.86. The number of hydrogen-bond acceptors (Lipinski definition) is 2. The minimum absolute atomic E-state index is 0.0127. The maximum absolute atomic E-state index is 11.4. The van der Waals surface area contributed by atoms with Crippen molar-refractivity contribution in [3.05, 3.63) is 35.9 Å². The Morgan fingerprint density at radius 2 is 1.88 bits per heavy atom. The summed E-state index contributed by atoms with van der Waals surface area (Å²) in [6.45, 7) is 1.91. The fourth-order valence-electron chi connectivity index (χ4n) is 1.59. The molecular weight excluding hydrogens is 218 g/mol. The van der Waals surface area contributed by atoms with Crippen LogP contribution in [0, 0.1) is 0 Å². The second-order valence-electron chi connectivity index (χ2n) is 4.05. The number of benzene rings is 1. The highest BCUT2D eigenvalue weighted by Gasteiger charge is 2.09. The number of hydrogen-bond donors (Lipinski definition) is 2. The molecular formula is C13H17NO3. The number of aliphatic carboxylic acids is 1. The van der Waals surface area contributed by atoms with Crippen LogP contribution in [0.3, 0.4) is 0 Å². The maximum atomic E-state index is 11.4. The predicted molar refractivity (Wildman–Crippen MR) is 64.6 cm³/mol. The third kappa shape index (κ3) is 5.70. The molecule has 0 saturated heterocycles. The monoisotopic (exact) mass is 235 g/mol. The zero-order chi connectivity index (χ0) is 12.7. The van der Waals surface area contributed by atoms with Gasteiger partial charge in [0, 0.05) is 12.5 Å². The molecule has 1 rings (SSSR count). The molecule has 0 fully saturated rings. The Kier molecular flexibility index (Phi) is 5.20. The van der Waals surface area contributed by atoms with Crippen molar-refractivity contribution in [1.29, 1.82) is 0 Å². The number of rotatable bonds is 6. The SMILES string of the molecule is C[C@H](Cc1ccccc1)NC(=O)CCC(=O)O. The summed E-state index contributed by atoms with van der Waals surface area (Å²) in [7, 11) is 0. The fraction of sp³-hybridized carbons (Fsp3) is 0.385. The Morgan fingerprint density at radius 3 is 2.47 bits per heavy atom. The highest BCUT2D eigenvalue weighted by Crippen LogP contribution is 2.03. The molecule has 0 heterocycles. The molecule has 92 valence electrons. The van der Waals surface area contributed by atoms with Crippen LogP contribution in [-0.2, 0) is 16.0 Å². The van der Waals surface area contributed by atoms with Gasteiger partial charge in [0.1, 0.15) is 0 Å². The van der Waals surface area contributed by atoms with Crippen LogP contribution in [0.15, 0.2) is 30.3 Å². The number of carboxylic acids is 1. The number of nitrogens with one attached hydrogen (secondary N) is 1. The predicted octanol–water partition coefficient (Wildman–Crippen LogP) is 1.60. The van der Waals surface area contributed by atoms with Crippen LogP contribution in [0.4, 0.5) is 0 Å². The van der Waals surface area contributed by atoms with Crippen molar-refractivity contribution in [1.82, 2.24) is 5.32 Å².